The maximum Gasteiger partial charge on any atom is 0.410 e. The van der Waals surface area contributed by atoms with Crippen molar-refractivity contribution in [1.82, 2.24) is 9.80 Å². The first-order valence-electron chi connectivity index (χ1n) is 13.6. The van der Waals surface area contributed by atoms with Gasteiger partial charge >= 0.3 is 6.09 Å². The fraction of sp³-hybridized carbons (Fsp3) is 0.889. The number of likely N-dealkylation sites (tertiary alicyclic amines) is 1. The fourth-order valence-electron chi connectivity index (χ4n) is 7.43. The van der Waals surface area contributed by atoms with Crippen LogP contribution in [0.15, 0.2) is 11.6 Å². The van der Waals surface area contributed by atoms with E-state index in [0.29, 0.717) is 11.8 Å². The number of hydrogen-bond acceptors (Lipinski definition) is 7. The molecule has 35 heavy (non-hydrogen) atoms. The van der Waals surface area contributed by atoms with E-state index in [9.17, 15) is 4.79 Å². The van der Waals surface area contributed by atoms with Gasteiger partial charge in [-0.15, -0.1) is 0 Å². The molecule has 0 aromatic heterocycles. The molecular formula is C27H42N2O6. The number of carbonyl (C=O) groups excluding carboxylic acids is 1. The largest absolute Gasteiger partial charge is 0.443 e. The van der Waals surface area contributed by atoms with Crippen molar-refractivity contribution < 1.29 is 28.5 Å². The van der Waals surface area contributed by atoms with Crippen LogP contribution < -0.4 is 0 Å². The number of rotatable bonds is 7. The highest BCUT2D eigenvalue weighted by Gasteiger charge is 2.72. The predicted molar refractivity (Wildman–Crippen MR) is 129 cm³/mol. The van der Waals surface area contributed by atoms with Crippen LogP contribution in [-0.2, 0) is 23.7 Å². The van der Waals surface area contributed by atoms with E-state index in [4.69, 9.17) is 23.7 Å². The molecule has 4 aliphatic heterocycles. The lowest BCUT2D eigenvalue weighted by molar-refractivity contribution is -0.121. The first-order valence-corrected chi connectivity index (χ1v) is 13.6. The van der Waals surface area contributed by atoms with E-state index in [0.717, 1.165) is 77.7 Å². The molecule has 0 radical (unpaired) electrons. The molecule has 0 aromatic rings. The molecule has 1 unspecified atom stereocenters. The van der Waals surface area contributed by atoms with Crippen molar-refractivity contribution >= 4 is 6.09 Å². The average molecular weight is 491 g/mol. The van der Waals surface area contributed by atoms with E-state index < -0.39 is 0 Å². The van der Waals surface area contributed by atoms with Gasteiger partial charge in [-0.25, -0.2) is 4.79 Å². The molecule has 0 N–H and O–H groups in total. The van der Waals surface area contributed by atoms with E-state index in [1.807, 2.05) is 4.90 Å². The number of piperidine rings is 1. The van der Waals surface area contributed by atoms with Gasteiger partial charge in [-0.05, 0) is 57.8 Å². The van der Waals surface area contributed by atoms with E-state index in [1.165, 1.54) is 5.57 Å². The summed E-state index contributed by atoms with van der Waals surface area (Å²) in [6.07, 6.45) is 4.29. The number of amides is 1. The Balaban J connectivity index is 1.05. The molecule has 4 saturated heterocycles. The Hall–Kier alpha value is -1.19. The van der Waals surface area contributed by atoms with Gasteiger partial charge in [-0.3, -0.25) is 4.90 Å². The van der Waals surface area contributed by atoms with Gasteiger partial charge in [0.2, 0.25) is 0 Å². The average Bonchev–Trinajstić information content (AvgIpc) is 3.80. The minimum absolute atomic E-state index is 0.0620. The molecule has 6 fully saturated rings. The molecule has 196 valence electrons. The van der Waals surface area contributed by atoms with Crippen LogP contribution in [0, 0.1) is 23.7 Å². The van der Waals surface area contributed by atoms with Gasteiger partial charge in [0.15, 0.2) is 0 Å². The molecule has 1 spiro atoms. The van der Waals surface area contributed by atoms with Gasteiger partial charge in [0.05, 0.1) is 31.8 Å². The second kappa shape index (κ2) is 8.98. The van der Waals surface area contributed by atoms with Crippen LogP contribution >= 0.6 is 0 Å². The molecule has 8 heteroatoms. The summed E-state index contributed by atoms with van der Waals surface area (Å²) >= 11 is 0. The maximum atomic E-state index is 13.2. The monoisotopic (exact) mass is 490 g/mol. The molecule has 9 atom stereocenters. The highest BCUT2D eigenvalue weighted by Crippen LogP contribution is 2.60. The van der Waals surface area contributed by atoms with Crippen LogP contribution in [0.3, 0.4) is 0 Å². The predicted octanol–water partition coefficient (Wildman–Crippen LogP) is 2.71. The van der Waals surface area contributed by atoms with Crippen molar-refractivity contribution in [3.63, 3.8) is 0 Å². The Morgan fingerprint density at radius 2 is 1.89 bits per heavy atom. The highest BCUT2D eigenvalue weighted by atomic mass is 16.6. The number of hydrogen-bond donors (Lipinski definition) is 0. The normalized spacial score (nSPS) is 46.3. The topological polar surface area (TPSA) is 76.3 Å². The smallest absolute Gasteiger partial charge is 0.410 e. The summed E-state index contributed by atoms with van der Waals surface area (Å²) in [5.74, 6) is 2.03. The number of nitrogens with zero attached hydrogens (tertiary/aromatic N) is 2. The molecule has 1 amide bonds. The van der Waals surface area contributed by atoms with Gasteiger partial charge in [-0.2, -0.15) is 0 Å². The Morgan fingerprint density at radius 1 is 1.17 bits per heavy atom. The van der Waals surface area contributed by atoms with Gasteiger partial charge < -0.3 is 28.6 Å². The van der Waals surface area contributed by atoms with Crippen LogP contribution in [0.25, 0.3) is 0 Å². The maximum absolute atomic E-state index is 13.2. The minimum atomic E-state index is -0.309. The van der Waals surface area contributed by atoms with Gasteiger partial charge in [0.25, 0.3) is 0 Å². The quantitative estimate of drug-likeness (QED) is 0.401. The van der Waals surface area contributed by atoms with Crippen LogP contribution in [0.4, 0.5) is 4.79 Å². The highest BCUT2D eigenvalue weighted by molar-refractivity contribution is 5.68. The second-order valence-corrected chi connectivity index (χ2v) is 12.1. The van der Waals surface area contributed by atoms with Crippen molar-refractivity contribution in [2.24, 2.45) is 23.7 Å². The Labute approximate surface area is 209 Å². The van der Waals surface area contributed by atoms with E-state index in [-0.39, 0.29) is 41.5 Å². The molecule has 2 aliphatic carbocycles. The number of ether oxygens (including phenoxy) is 5. The number of methoxy groups -OCH3 is 1. The van der Waals surface area contributed by atoms with Crippen LogP contribution in [0.1, 0.15) is 40.0 Å². The Bertz CT molecular complexity index is 839. The zero-order valence-corrected chi connectivity index (χ0v) is 21.7. The number of carbonyl (C=O) groups is 1. The number of epoxide rings is 2. The third kappa shape index (κ3) is 4.43. The summed E-state index contributed by atoms with van der Waals surface area (Å²) in [4.78, 5) is 17.6. The summed E-state index contributed by atoms with van der Waals surface area (Å²) in [6.45, 7) is 13.7. The summed E-state index contributed by atoms with van der Waals surface area (Å²) in [5, 5.41) is 0. The van der Waals surface area contributed by atoms with Crippen LogP contribution in [0.5, 0.6) is 0 Å². The minimum Gasteiger partial charge on any atom is -0.443 e. The lowest BCUT2D eigenvalue weighted by Crippen LogP contribution is -2.56. The molecule has 6 aliphatic rings. The van der Waals surface area contributed by atoms with E-state index in [1.54, 1.807) is 7.11 Å². The summed E-state index contributed by atoms with van der Waals surface area (Å²) < 4.78 is 30.0. The number of fused-ring (bicyclic) bond motifs is 1. The molecule has 8 nitrogen and oxygen atoms in total. The first-order chi connectivity index (χ1) is 16.8. The van der Waals surface area contributed by atoms with Gasteiger partial charge in [0.1, 0.15) is 23.4 Å². The number of allylic oxidation sites excluding steroid dienone is 1. The van der Waals surface area contributed by atoms with E-state index in [2.05, 4.69) is 31.7 Å². The van der Waals surface area contributed by atoms with E-state index >= 15 is 0 Å². The van der Waals surface area contributed by atoms with Gasteiger partial charge in [0, 0.05) is 39.8 Å². The molecule has 0 bridgehead atoms. The fourth-order valence-corrected chi connectivity index (χ4v) is 7.43. The third-order valence-corrected chi connectivity index (χ3v) is 9.69. The molecule has 4 heterocycles. The number of morpholine rings is 1. The third-order valence-electron chi connectivity index (χ3n) is 9.69. The lowest BCUT2D eigenvalue weighted by atomic mass is 9.68. The first kappa shape index (κ1) is 24.2. The summed E-state index contributed by atoms with van der Waals surface area (Å²) in [5.41, 5.74) is 0.797. The molecule has 0 aromatic carbocycles. The van der Waals surface area contributed by atoms with Crippen molar-refractivity contribution in [3.8, 4) is 0 Å². The van der Waals surface area contributed by atoms with Gasteiger partial charge in [-0.1, -0.05) is 11.6 Å². The molecular weight excluding hydrogens is 448 g/mol. The standard InChI is InChI=1S/C27H42N2O6/c1-17(2)5-6-22-26(3,35-22)24-23(31-4)21(7-8-27(24)16-33-27)34-25(30)29-14-19-18(20(19)15-29)13-28-9-11-32-12-10-28/h5,18-24H,6-16H2,1-4H3/t18?,19-,20+,21-,22-,23-,24-,26+,27+/m1/s1. The van der Waals surface area contributed by atoms with Crippen molar-refractivity contribution in [1.29, 1.82) is 0 Å². The zero-order chi connectivity index (χ0) is 24.4. The van der Waals surface area contributed by atoms with Crippen molar-refractivity contribution in [2.75, 3.05) is 59.7 Å². The second-order valence-electron chi connectivity index (χ2n) is 12.1. The summed E-state index contributed by atoms with van der Waals surface area (Å²) in [6, 6.07) is 0. The molecule has 6 rings (SSSR count). The Morgan fingerprint density at radius 3 is 2.51 bits per heavy atom. The van der Waals surface area contributed by atoms with Crippen molar-refractivity contribution in [2.45, 2.75) is 69.5 Å². The SMILES string of the molecule is CO[C@@H]1[C@H](OC(=O)N2C[C@@H]3C(CN4CCOCC4)[C@@H]3C2)CC[C@]2(CO2)[C@H]1[C@@]1(C)O[C@@H]1CC=C(C)C. The van der Waals surface area contributed by atoms with Crippen LogP contribution in [0.2, 0.25) is 0 Å². The summed E-state index contributed by atoms with van der Waals surface area (Å²) in [7, 11) is 1.73. The molecule has 2 saturated carbocycles. The van der Waals surface area contributed by atoms with Crippen LogP contribution in [-0.4, -0.2) is 105 Å². The lowest BCUT2D eigenvalue weighted by Gasteiger charge is -2.43. The Kier molecular flexibility index (Phi) is 6.20. The zero-order valence-electron chi connectivity index (χ0n) is 21.7. The van der Waals surface area contributed by atoms with Crippen molar-refractivity contribution in [3.05, 3.63) is 11.6 Å².